The molecule has 0 radical (unpaired) electrons. The average Bonchev–Trinajstić information content (AvgIpc) is 3.06. The zero-order valence-electron chi connectivity index (χ0n) is 15.5. The zero-order chi connectivity index (χ0) is 20.1. The fourth-order valence-corrected chi connectivity index (χ4v) is 3.17. The first kappa shape index (κ1) is 19.9. The Morgan fingerprint density at radius 1 is 1.21 bits per heavy atom. The van der Waals surface area contributed by atoms with Gasteiger partial charge in [0.15, 0.2) is 6.10 Å². The van der Waals surface area contributed by atoms with Crippen LogP contribution in [0.5, 0.6) is 0 Å². The quantitative estimate of drug-likeness (QED) is 0.751. The lowest BCUT2D eigenvalue weighted by Crippen LogP contribution is -2.30. The molecule has 0 saturated carbocycles. The molecule has 0 aromatic heterocycles. The van der Waals surface area contributed by atoms with E-state index in [-0.39, 0.29) is 5.91 Å². The topological polar surface area (TPSA) is 75.7 Å². The Labute approximate surface area is 168 Å². The first-order valence-electron chi connectivity index (χ1n) is 9.06. The van der Waals surface area contributed by atoms with E-state index in [1.165, 1.54) is 6.92 Å². The summed E-state index contributed by atoms with van der Waals surface area (Å²) in [5, 5.41) is 3.16. The second-order valence-electron chi connectivity index (χ2n) is 6.67. The number of anilines is 1. The largest absolute Gasteiger partial charge is 0.449 e. The van der Waals surface area contributed by atoms with Crippen LogP contribution in [0.15, 0.2) is 48.5 Å². The summed E-state index contributed by atoms with van der Waals surface area (Å²) in [6.45, 7) is 2.70. The van der Waals surface area contributed by atoms with Gasteiger partial charge in [0.25, 0.3) is 5.91 Å². The van der Waals surface area contributed by atoms with Crippen molar-refractivity contribution in [2.24, 2.45) is 0 Å². The SMILES string of the molecule is CC(OC(=O)c1cccc(CN2CCCC2=O)c1)C(=O)Nc1cccc(Cl)c1. The van der Waals surface area contributed by atoms with Gasteiger partial charge in [-0.15, -0.1) is 0 Å². The van der Waals surface area contributed by atoms with Crippen LogP contribution in [-0.4, -0.2) is 35.3 Å². The van der Waals surface area contributed by atoms with Gasteiger partial charge in [-0.25, -0.2) is 4.79 Å². The van der Waals surface area contributed by atoms with Gasteiger partial charge >= 0.3 is 5.97 Å². The fourth-order valence-electron chi connectivity index (χ4n) is 2.98. The van der Waals surface area contributed by atoms with E-state index in [0.29, 0.717) is 29.2 Å². The number of nitrogens with one attached hydrogen (secondary N) is 1. The van der Waals surface area contributed by atoms with Gasteiger partial charge in [-0.05, 0) is 49.2 Å². The number of benzene rings is 2. The summed E-state index contributed by atoms with van der Waals surface area (Å²) in [5.74, 6) is -0.919. The molecule has 2 aromatic carbocycles. The molecule has 0 spiro atoms. The number of esters is 1. The molecule has 1 unspecified atom stereocenters. The van der Waals surface area contributed by atoms with Crippen LogP contribution in [-0.2, 0) is 20.9 Å². The van der Waals surface area contributed by atoms with Gasteiger partial charge in [0.1, 0.15) is 0 Å². The maximum Gasteiger partial charge on any atom is 0.338 e. The average molecular weight is 401 g/mol. The van der Waals surface area contributed by atoms with E-state index in [1.54, 1.807) is 47.4 Å². The van der Waals surface area contributed by atoms with Crippen LogP contribution in [0.3, 0.4) is 0 Å². The number of halogens is 1. The Morgan fingerprint density at radius 2 is 2.00 bits per heavy atom. The Hall–Kier alpha value is -2.86. The molecule has 1 fully saturated rings. The van der Waals surface area contributed by atoms with E-state index in [4.69, 9.17) is 16.3 Å². The van der Waals surface area contributed by atoms with Crippen LogP contribution in [0.1, 0.15) is 35.7 Å². The number of hydrogen-bond donors (Lipinski definition) is 1. The van der Waals surface area contributed by atoms with Crippen molar-refractivity contribution >= 4 is 35.1 Å². The molecule has 6 nitrogen and oxygen atoms in total. The molecule has 7 heteroatoms. The Morgan fingerprint density at radius 3 is 2.71 bits per heavy atom. The molecular formula is C21H21ClN2O4. The van der Waals surface area contributed by atoms with Crippen molar-refractivity contribution in [1.29, 1.82) is 0 Å². The maximum absolute atomic E-state index is 12.4. The second kappa shape index (κ2) is 8.89. The van der Waals surface area contributed by atoms with Crippen LogP contribution in [0.25, 0.3) is 0 Å². The number of nitrogens with zero attached hydrogens (tertiary/aromatic N) is 1. The Bertz CT molecular complexity index is 899. The minimum atomic E-state index is -0.977. The van der Waals surface area contributed by atoms with Crippen molar-refractivity contribution in [2.45, 2.75) is 32.4 Å². The molecule has 146 valence electrons. The summed E-state index contributed by atoms with van der Waals surface area (Å²) < 4.78 is 5.28. The van der Waals surface area contributed by atoms with Gasteiger partial charge in [-0.1, -0.05) is 29.8 Å². The molecule has 2 aromatic rings. The van der Waals surface area contributed by atoms with Gasteiger partial charge in [0, 0.05) is 30.2 Å². The number of likely N-dealkylation sites (tertiary alicyclic amines) is 1. The second-order valence-corrected chi connectivity index (χ2v) is 7.10. The first-order valence-corrected chi connectivity index (χ1v) is 9.44. The van der Waals surface area contributed by atoms with Crippen molar-refractivity contribution in [3.8, 4) is 0 Å². The lowest BCUT2D eigenvalue weighted by atomic mass is 10.1. The van der Waals surface area contributed by atoms with E-state index in [0.717, 1.165) is 18.5 Å². The van der Waals surface area contributed by atoms with Gasteiger partial charge in [0.2, 0.25) is 5.91 Å². The molecule has 1 saturated heterocycles. The zero-order valence-corrected chi connectivity index (χ0v) is 16.2. The van der Waals surface area contributed by atoms with Gasteiger partial charge < -0.3 is 15.0 Å². The number of carbonyl (C=O) groups excluding carboxylic acids is 3. The van der Waals surface area contributed by atoms with E-state index < -0.39 is 18.0 Å². The third kappa shape index (κ3) is 5.10. The molecule has 1 aliphatic heterocycles. The summed E-state index contributed by atoms with van der Waals surface area (Å²) in [6, 6.07) is 13.6. The van der Waals surface area contributed by atoms with Crippen molar-refractivity contribution in [1.82, 2.24) is 4.90 Å². The normalized spacial score (nSPS) is 14.6. The van der Waals surface area contributed by atoms with Crippen LogP contribution in [0.4, 0.5) is 5.69 Å². The van der Waals surface area contributed by atoms with E-state index in [1.807, 2.05) is 6.07 Å². The summed E-state index contributed by atoms with van der Waals surface area (Å²) in [4.78, 5) is 38.2. The highest BCUT2D eigenvalue weighted by Gasteiger charge is 2.22. The highest BCUT2D eigenvalue weighted by molar-refractivity contribution is 6.30. The minimum Gasteiger partial charge on any atom is -0.449 e. The fraction of sp³-hybridized carbons (Fsp3) is 0.286. The summed E-state index contributed by atoms with van der Waals surface area (Å²) in [7, 11) is 0. The highest BCUT2D eigenvalue weighted by atomic mass is 35.5. The van der Waals surface area contributed by atoms with Gasteiger partial charge in [-0.3, -0.25) is 9.59 Å². The Kier molecular flexibility index (Phi) is 6.31. The van der Waals surface area contributed by atoms with Crippen LogP contribution in [0, 0.1) is 0 Å². The third-order valence-electron chi connectivity index (χ3n) is 4.45. The predicted octanol–water partition coefficient (Wildman–Crippen LogP) is 3.65. The molecule has 1 atom stereocenters. The van der Waals surface area contributed by atoms with Crippen LogP contribution in [0.2, 0.25) is 5.02 Å². The van der Waals surface area contributed by atoms with Gasteiger partial charge in [-0.2, -0.15) is 0 Å². The monoisotopic (exact) mass is 400 g/mol. The summed E-state index contributed by atoms with van der Waals surface area (Å²) >= 11 is 5.90. The smallest absolute Gasteiger partial charge is 0.338 e. The van der Waals surface area contributed by atoms with Crippen molar-refractivity contribution < 1.29 is 19.1 Å². The number of amides is 2. The number of rotatable bonds is 6. The van der Waals surface area contributed by atoms with E-state index in [9.17, 15) is 14.4 Å². The molecular weight excluding hydrogens is 380 g/mol. The van der Waals surface area contributed by atoms with Gasteiger partial charge in [0.05, 0.1) is 5.56 Å². The van der Waals surface area contributed by atoms with Crippen molar-refractivity contribution in [3.05, 3.63) is 64.7 Å². The lowest BCUT2D eigenvalue weighted by Gasteiger charge is -2.16. The summed E-state index contributed by atoms with van der Waals surface area (Å²) in [6.07, 6.45) is 0.455. The minimum absolute atomic E-state index is 0.124. The summed E-state index contributed by atoms with van der Waals surface area (Å²) in [5.41, 5.74) is 1.71. The molecule has 0 bridgehead atoms. The maximum atomic E-state index is 12.4. The standard InChI is InChI=1S/C21H21ClN2O4/c1-14(20(26)23-18-8-3-7-17(22)12-18)28-21(27)16-6-2-5-15(11-16)13-24-10-4-9-19(24)25/h2-3,5-8,11-12,14H,4,9-10,13H2,1H3,(H,23,26). The molecule has 0 aliphatic carbocycles. The van der Waals surface area contributed by atoms with E-state index in [2.05, 4.69) is 5.32 Å². The molecule has 28 heavy (non-hydrogen) atoms. The van der Waals surface area contributed by atoms with Crippen LogP contribution < -0.4 is 5.32 Å². The lowest BCUT2D eigenvalue weighted by molar-refractivity contribution is -0.128. The molecule has 2 amide bonds. The molecule has 1 heterocycles. The first-order chi connectivity index (χ1) is 13.4. The Balaban J connectivity index is 1.59. The predicted molar refractivity (Wildman–Crippen MR) is 106 cm³/mol. The van der Waals surface area contributed by atoms with Crippen molar-refractivity contribution in [3.63, 3.8) is 0 Å². The van der Waals surface area contributed by atoms with Crippen molar-refractivity contribution in [2.75, 3.05) is 11.9 Å². The third-order valence-corrected chi connectivity index (χ3v) is 4.69. The van der Waals surface area contributed by atoms with Crippen LogP contribution >= 0.6 is 11.6 Å². The van der Waals surface area contributed by atoms with E-state index >= 15 is 0 Å². The molecule has 1 aliphatic rings. The highest BCUT2D eigenvalue weighted by Crippen LogP contribution is 2.17. The number of ether oxygens (including phenoxy) is 1. The number of hydrogen-bond acceptors (Lipinski definition) is 4. The molecule has 1 N–H and O–H groups in total. The number of carbonyl (C=O) groups is 3. The molecule has 3 rings (SSSR count).